The molecule has 0 aromatic heterocycles. The first kappa shape index (κ1) is 14.2. The number of carbonyl (C=O) groups excluding carboxylic acids is 1. The second-order valence-corrected chi connectivity index (χ2v) is 5.41. The maximum Gasteiger partial charge on any atom is 0.327 e. The molecule has 7 heteroatoms. The maximum absolute atomic E-state index is 12.0. The standard InChI is InChI=1S/C10H18N4O2S/c1-8-10(9(15)16-2,4-3-7-17-8)12-5-6-13-14-11/h8,12H,3-7H2,1-2H3. The summed E-state index contributed by atoms with van der Waals surface area (Å²) in [6, 6.07) is 0. The van der Waals surface area contributed by atoms with Crippen LogP contribution in [0.15, 0.2) is 5.11 Å². The summed E-state index contributed by atoms with van der Waals surface area (Å²) in [5, 5.41) is 6.83. The van der Waals surface area contributed by atoms with Crippen LogP contribution in [-0.2, 0) is 9.53 Å². The van der Waals surface area contributed by atoms with Crippen molar-refractivity contribution in [2.75, 3.05) is 26.0 Å². The van der Waals surface area contributed by atoms with Gasteiger partial charge in [0.15, 0.2) is 0 Å². The predicted octanol–water partition coefficient (Wildman–Crippen LogP) is 1.71. The number of hydrogen-bond acceptors (Lipinski definition) is 5. The Labute approximate surface area is 105 Å². The Morgan fingerprint density at radius 2 is 2.53 bits per heavy atom. The summed E-state index contributed by atoms with van der Waals surface area (Å²) in [6.45, 7) is 2.86. The summed E-state index contributed by atoms with van der Waals surface area (Å²) in [6.07, 6.45) is 1.75. The predicted molar refractivity (Wildman–Crippen MR) is 67.9 cm³/mol. The van der Waals surface area contributed by atoms with Gasteiger partial charge < -0.3 is 10.1 Å². The van der Waals surface area contributed by atoms with E-state index in [2.05, 4.69) is 15.3 Å². The SMILES string of the molecule is COC(=O)C1(NCCN=[N+]=[N-])CCCSC1C. The number of rotatable bonds is 5. The molecule has 0 radical (unpaired) electrons. The molecule has 0 aliphatic carbocycles. The van der Waals surface area contributed by atoms with Crippen LogP contribution in [-0.4, -0.2) is 42.7 Å². The summed E-state index contributed by atoms with van der Waals surface area (Å²) in [7, 11) is 1.41. The molecule has 0 bridgehead atoms. The van der Waals surface area contributed by atoms with Gasteiger partial charge in [0.1, 0.15) is 5.54 Å². The second kappa shape index (κ2) is 6.74. The first-order valence-corrected chi connectivity index (χ1v) is 6.68. The van der Waals surface area contributed by atoms with Crippen LogP contribution in [0.3, 0.4) is 0 Å². The molecule has 17 heavy (non-hydrogen) atoms. The molecule has 1 aliphatic heterocycles. The van der Waals surface area contributed by atoms with Crippen LogP contribution >= 0.6 is 11.8 Å². The van der Waals surface area contributed by atoms with Crippen LogP contribution in [0.25, 0.3) is 10.4 Å². The van der Waals surface area contributed by atoms with Crippen molar-refractivity contribution in [2.45, 2.75) is 30.6 Å². The van der Waals surface area contributed by atoms with Crippen LogP contribution in [0.2, 0.25) is 0 Å². The van der Waals surface area contributed by atoms with Gasteiger partial charge in [0.2, 0.25) is 0 Å². The number of azide groups is 1. The van der Waals surface area contributed by atoms with Gasteiger partial charge in [-0.1, -0.05) is 12.0 Å². The third kappa shape index (κ3) is 3.28. The van der Waals surface area contributed by atoms with Gasteiger partial charge in [-0.05, 0) is 24.1 Å². The van der Waals surface area contributed by atoms with Crippen molar-refractivity contribution in [3.8, 4) is 0 Å². The van der Waals surface area contributed by atoms with Crippen molar-refractivity contribution in [2.24, 2.45) is 5.11 Å². The molecule has 1 aliphatic rings. The minimum Gasteiger partial charge on any atom is -0.468 e. The highest BCUT2D eigenvalue weighted by Gasteiger charge is 2.45. The summed E-state index contributed by atoms with van der Waals surface area (Å²) < 4.78 is 4.90. The van der Waals surface area contributed by atoms with E-state index < -0.39 is 5.54 Å². The van der Waals surface area contributed by atoms with Crippen LogP contribution in [0, 0.1) is 0 Å². The lowest BCUT2D eigenvalue weighted by Gasteiger charge is -2.40. The monoisotopic (exact) mass is 258 g/mol. The largest absolute Gasteiger partial charge is 0.468 e. The number of thioether (sulfide) groups is 1. The molecule has 0 amide bonds. The third-order valence-electron chi connectivity index (χ3n) is 3.04. The van der Waals surface area contributed by atoms with Gasteiger partial charge in [-0.15, -0.1) is 0 Å². The van der Waals surface area contributed by atoms with E-state index in [0.29, 0.717) is 13.1 Å². The normalized spacial score (nSPS) is 28.2. The number of nitrogens with zero attached hydrogens (tertiary/aromatic N) is 3. The Hall–Kier alpha value is -0.910. The van der Waals surface area contributed by atoms with E-state index in [1.807, 2.05) is 6.92 Å². The Morgan fingerprint density at radius 3 is 3.12 bits per heavy atom. The van der Waals surface area contributed by atoms with Crippen molar-refractivity contribution >= 4 is 17.7 Å². The van der Waals surface area contributed by atoms with E-state index in [-0.39, 0.29) is 11.2 Å². The zero-order chi connectivity index (χ0) is 12.7. The van der Waals surface area contributed by atoms with Crippen molar-refractivity contribution in [1.29, 1.82) is 0 Å². The van der Waals surface area contributed by atoms with Crippen molar-refractivity contribution < 1.29 is 9.53 Å². The number of methoxy groups -OCH3 is 1. The van der Waals surface area contributed by atoms with E-state index in [9.17, 15) is 4.79 Å². The van der Waals surface area contributed by atoms with Gasteiger partial charge in [0.25, 0.3) is 0 Å². The van der Waals surface area contributed by atoms with E-state index in [4.69, 9.17) is 10.3 Å². The van der Waals surface area contributed by atoms with Crippen molar-refractivity contribution in [1.82, 2.24) is 5.32 Å². The summed E-state index contributed by atoms with van der Waals surface area (Å²) in [4.78, 5) is 14.7. The molecule has 1 rings (SSSR count). The first-order valence-electron chi connectivity index (χ1n) is 5.63. The van der Waals surface area contributed by atoms with Crippen LogP contribution in [0.4, 0.5) is 0 Å². The van der Waals surface area contributed by atoms with Gasteiger partial charge in [-0.3, -0.25) is 4.79 Å². The number of esters is 1. The molecule has 0 spiro atoms. The lowest BCUT2D eigenvalue weighted by Crippen LogP contribution is -2.60. The van der Waals surface area contributed by atoms with E-state index in [0.717, 1.165) is 18.6 Å². The molecule has 1 saturated heterocycles. The molecule has 0 saturated carbocycles. The topological polar surface area (TPSA) is 87.1 Å². The quantitative estimate of drug-likeness (QED) is 0.267. The molecule has 1 fully saturated rings. The summed E-state index contributed by atoms with van der Waals surface area (Å²) in [5.41, 5.74) is 7.57. The second-order valence-electron chi connectivity index (χ2n) is 3.96. The molecule has 0 aromatic carbocycles. The molecule has 6 nitrogen and oxygen atoms in total. The van der Waals surface area contributed by atoms with Gasteiger partial charge in [-0.2, -0.15) is 11.8 Å². The Morgan fingerprint density at radius 1 is 1.76 bits per heavy atom. The highest BCUT2D eigenvalue weighted by atomic mass is 32.2. The third-order valence-corrected chi connectivity index (χ3v) is 4.47. The molecule has 96 valence electrons. The Bertz CT molecular complexity index is 319. The highest BCUT2D eigenvalue weighted by Crippen LogP contribution is 2.34. The fourth-order valence-corrected chi connectivity index (χ4v) is 3.33. The van der Waals surface area contributed by atoms with Crippen molar-refractivity contribution in [3.05, 3.63) is 10.4 Å². The number of carbonyl (C=O) groups is 1. The van der Waals surface area contributed by atoms with Gasteiger partial charge in [0.05, 0.1) is 7.11 Å². The van der Waals surface area contributed by atoms with E-state index in [1.54, 1.807) is 11.8 Å². The molecule has 0 aromatic rings. The molecule has 1 N–H and O–H groups in total. The van der Waals surface area contributed by atoms with E-state index in [1.165, 1.54) is 7.11 Å². The number of hydrogen-bond donors (Lipinski definition) is 1. The van der Waals surface area contributed by atoms with Crippen molar-refractivity contribution in [3.63, 3.8) is 0 Å². The van der Waals surface area contributed by atoms with Gasteiger partial charge >= 0.3 is 5.97 Å². The van der Waals surface area contributed by atoms with Gasteiger partial charge in [-0.25, -0.2) is 0 Å². The molecular weight excluding hydrogens is 240 g/mol. The Kier molecular flexibility index (Phi) is 5.61. The molecule has 1 heterocycles. The fourth-order valence-electron chi connectivity index (χ4n) is 2.08. The van der Waals surface area contributed by atoms with Gasteiger partial charge in [0, 0.05) is 23.3 Å². The first-order chi connectivity index (χ1) is 8.17. The zero-order valence-electron chi connectivity index (χ0n) is 10.2. The van der Waals surface area contributed by atoms with E-state index >= 15 is 0 Å². The zero-order valence-corrected chi connectivity index (χ0v) is 11.0. The minimum absolute atomic E-state index is 0.162. The molecular formula is C10H18N4O2S. The van der Waals surface area contributed by atoms with Crippen LogP contribution in [0.1, 0.15) is 19.8 Å². The minimum atomic E-state index is -0.636. The average Bonchev–Trinajstić information content (AvgIpc) is 2.36. The molecule has 2 unspecified atom stereocenters. The number of ether oxygens (including phenoxy) is 1. The maximum atomic E-state index is 12.0. The average molecular weight is 258 g/mol. The smallest absolute Gasteiger partial charge is 0.327 e. The highest BCUT2D eigenvalue weighted by molar-refractivity contribution is 8.00. The van der Waals surface area contributed by atoms with Crippen LogP contribution in [0.5, 0.6) is 0 Å². The summed E-state index contributed by atoms with van der Waals surface area (Å²) >= 11 is 1.77. The lowest BCUT2D eigenvalue weighted by molar-refractivity contribution is -0.149. The fraction of sp³-hybridized carbons (Fsp3) is 0.900. The number of nitrogens with one attached hydrogen (secondary N) is 1. The molecule has 2 atom stereocenters. The lowest BCUT2D eigenvalue weighted by atomic mass is 9.89. The summed E-state index contributed by atoms with van der Waals surface area (Å²) in [5.74, 6) is 0.843. The van der Waals surface area contributed by atoms with Crippen LogP contribution < -0.4 is 5.32 Å². The Balaban J connectivity index is 2.70.